The predicted octanol–water partition coefficient (Wildman–Crippen LogP) is 3.44. The third-order valence-corrected chi connectivity index (χ3v) is 3.24. The molecule has 0 saturated heterocycles. The summed E-state index contributed by atoms with van der Waals surface area (Å²) in [4.78, 5) is 0. The molecule has 0 aromatic heterocycles. The maximum atomic E-state index is 12.7. The van der Waals surface area contributed by atoms with Gasteiger partial charge < -0.3 is 4.74 Å². The number of rotatable bonds is 3. The third-order valence-electron chi connectivity index (χ3n) is 1.95. The van der Waals surface area contributed by atoms with E-state index >= 15 is 0 Å². The van der Waals surface area contributed by atoms with Gasteiger partial charge in [0.1, 0.15) is 5.75 Å². The first-order valence-corrected chi connectivity index (χ1v) is 7.26. The second kappa shape index (κ2) is 5.14. The van der Waals surface area contributed by atoms with Gasteiger partial charge in [0.05, 0.1) is 23.4 Å². The van der Waals surface area contributed by atoms with Crippen LogP contribution in [0.5, 0.6) is 5.75 Å². The van der Waals surface area contributed by atoms with Crippen LogP contribution in [-0.2, 0) is 21.0 Å². The molecule has 0 aliphatic rings. The highest BCUT2D eigenvalue weighted by Gasteiger charge is 2.36. The summed E-state index contributed by atoms with van der Waals surface area (Å²) in [7, 11) is 2.04. The fourth-order valence-corrected chi connectivity index (χ4v) is 2.61. The Morgan fingerprint density at radius 1 is 1.33 bits per heavy atom. The van der Waals surface area contributed by atoms with Crippen LogP contribution in [0.4, 0.5) is 13.2 Å². The molecular weight excluding hydrogens is 316 g/mol. The Morgan fingerprint density at radius 3 is 2.28 bits per heavy atom. The van der Waals surface area contributed by atoms with Crippen LogP contribution in [0.2, 0.25) is 5.02 Å². The van der Waals surface area contributed by atoms with Crippen molar-refractivity contribution in [1.29, 1.82) is 0 Å². The molecule has 0 unspecified atom stereocenters. The van der Waals surface area contributed by atoms with Crippen LogP contribution in [0, 0.1) is 0 Å². The first-order valence-electron chi connectivity index (χ1n) is 4.40. The zero-order chi connectivity index (χ0) is 14.1. The lowest BCUT2D eigenvalue weighted by Gasteiger charge is -2.14. The standard InChI is InChI=1S/C9H7Cl2F3O3S/c1-17-8-6(9(12,13)14)2-5(3-7(8)10)4-18(11,15)16/h2-3H,4H2,1H3. The summed E-state index contributed by atoms with van der Waals surface area (Å²) in [5, 5.41) is -0.331. The molecule has 9 heteroatoms. The average molecular weight is 323 g/mol. The molecule has 0 heterocycles. The highest BCUT2D eigenvalue weighted by Crippen LogP contribution is 2.41. The van der Waals surface area contributed by atoms with Crippen molar-refractivity contribution in [3.05, 3.63) is 28.3 Å². The van der Waals surface area contributed by atoms with Gasteiger partial charge in [-0.25, -0.2) is 8.42 Å². The van der Waals surface area contributed by atoms with E-state index < -0.39 is 32.3 Å². The van der Waals surface area contributed by atoms with Crippen molar-refractivity contribution < 1.29 is 26.3 Å². The number of alkyl halides is 3. The molecule has 0 atom stereocenters. The Labute approximate surface area is 111 Å². The fourth-order valence-electron chi connectivity index (χ4n) is 1.35. The first-order chi connectivity index (χ1) is 8.04. The van der Waals surface area contributed by atoms with Crippen molar-refractivity contribution in [2.75, 3.05) is 7.11 Å². The van der Waals surface area contributed by atoms with E-state index in [2.05, 4.69) is 4.74 Å². The second-order valence-corrected chi connectivity index (χ2v) is 6.52. The van der Waals surface area contributed by atoms with E-state index in [1.165, 1.54) is 0 Å². The highest BCUT2D eigenvalue weighted by atomic mass is 35.7. The van der Waals surface area contributed by atoms with Crippen molar-refractivity contribution in [2.24, 2.45) is 0 Å². The Morgan fingerprint density at radius 2 is 1.89 bits per heavy atom. The summed E-state index contributed by atoms with van der Waals surface area (Å²) in [5.41, 5.74) is -1.31. The van der Waals surface area contributed by atoms with Gasteiger partial charge in [-0.15, -0.1) is 0 Å². The SMILES string of the molecule is COc1c(Cl)cc(CS(=O)(=O)Cl)cc1C(F)(F)F. The van der Waals surface area contributed by atoms with Gasteiger partial charge in [-0.1, -0.05) is 11.6 Å². The van der Waals surface area contributed by atoms with Gasteiger partial charge in [0.15, 0.2) is 0 Å². The molecule has 1 aromatic carbocycles. The van der Waals surface area contributed by atoms with Gasteiger partial charge in [0.25, 0.3) is 0 Å². The average Bonchev–Trinajstić information content (AvgIpc) is 2.12. The first kappa shape index (κ1) is 15.4. The summed E-state index contributed by atoms with van der Waals surface area (Å²) in [5.74, 6) is -1.30. The smallest absolute Gasteiger partial charge is 0.420 e. The van der Waals surface area contributed by atoms with E-state index in [0.717, 1.165) is 13.2 Å². The summed E-state index contributed by atoms with van der Waals surface area (Å²) in [6.45, 7) is 0. The summed E-state index contributed by atoms with van der Waals surface area (Å²) >= 11 is 5.61. The minimum atomic E-state index is -4.71. The molecule has 1 rings (SSSR count). The van der Waals surface area contributed by atoms with Gasteiger partial charge >= 0.3 is 6.18 Å². The number of ether oxygens (including phenoxy) is 1. The van der Waals surface area contributed by atoms with Crippen molar-refractivity contribution in [3.8, 4) is 5.75 Å². The molecule has 3 nitrogen and oxygen atoms in total. The lowest BCUT2D eigenvalue weighted by atomic mass is 10.1. The molecule has 0 radical (unpaired) electrons. The number of hydrogen-bond acceptors (Lipinski definition) is 3. The molecular formula is C9H7Cl2F3O3S. The lowest BCUT2D eigenvalue weighted by molar-refractivity contribution is -0.138. The molecule has 102 valence electrons. The van der Waals surface area contributed by atoms with E-state index in [9.17, 15) is 21.6 Å². The largest absolute Gasteiger partial charge is 0.495 e. The highest BCUT2D eigenvalue weighted by molar-refractivity contribution is 8.13. The van der Waals surface area contributed by atoms with Gasteiger partial charge in [-0.3, -0.25) is 0 Å². The van der Waals surface area contributed by atoms with Crippen LogP contribution in [0.15, 0.2) is 12.1 Å². The summed E-state index contributed by atoms with van der Waals surface area (Å²) in [6.07, 6.45) is -4.71. The number of methoxy groups -OCH3 is 1. The van der Waals surface area contributed by atoms with Crippen LogP contribution < -0.4 is 4.74 Å². The molecule has 18 heavy (non-hydrogen) atoms. The van der Waals surface area contributed by atoms with Crippen LogP contribution in [0.25, 0.3) is 0 Å². The van der Waals surface area contributed by atoms with E-state index in [-0.39, 0.29) is 10.6 Å². The zero-order valence-electron chi connectivity index (χ0n) is 8.88. The van der Waals surface area contributed by atoms with Crippen molar-refractivity contribution in [1.82, 2.24) is 0 Å². The third kappa shape index (κ3) is 3.93. The fraction of sp³-hybridized carbons (Fsp3) is 0.333. The van der Waals surface area contributed by atoms with Crippen LogP contribution in [0.1, 0.15) is 11.1 Å². The Hall–Kier alpha value is -0.660. The molecule has 0 amide bonds. The Balaban J connectivity index is 3.40. The van der Waals surface area contributed by atoms with Gasteiger partial charge in [0, 0.05) is 10.7 Å². The van der Waals surface area contributed by atoms with E-state index in [0.29, 0.717) is 6.07 Å². The topological polar surface area (TPSA) is 43.4 Å². The minimum Gasteiger partial charge on any atom is -0.495 e. The minimum absolute atomic E-state index is 0.164. The van der Waals surface area contributed by atoms with Gasteiger partial charge in [-0.05, 0) is 17.7 Å². The van der Waals surface area contributed by atoms with Crippen LogP contribution in [-0.4, -0.2) is 15.5 Å². The van der Waals surface area contributed by atoms with Gasteiger partial charge in [-0.2, -0.15) is 13.2 Å². The zero-order valence-corrected chi connectivity index (χ0v) is 11.2. The lowest BCUT2D eigenvalue weighted by Crippen LogP contribution is -2.09. The van der Waals surface area contributed by atoms with E-state index in [1.807, 2.05) is 0 Å². The molecule has 0 bridgehead atoms. The maximum absolute atomic E-state index is 12.7. The predicted molar refractivity (Wildman–Crippen MR) is 61.5 cm³/mol. The normalized spacial score (nSPS) is 12.6. The van der Waals surface area contributed by atoms with Crippen molar-refractivity contribution in [3.63, 3.8) is 0 Å². The molecule has 0 spiro atoms. The van der Waals surface area contributed by atoms with E-state index in [4.69, 9.17) is 22.3 Å². The van der Waals surface area contributed by atoms with Crippen LogP contribution >= 0.6 is 22.3 Å². The number of hydrogen-bond donors (Lipinski definition) is 0. The quantitative estimate of drug-likeness (QED) is 0.801. The second-order valence-electron chi connectivity index (χ2n) is 3.34. The molecule has 1 aromatic rings. The molecule has 0 saturated carbocycles. The van der Waals surface area contributed by atoms with Crippen molar-refractivity contribution >= 4 is 31.3 Å². The van der Waals surface area contributed by atoms with Gasteiger partial charge in [0.2, 0.25) is 9.05 Å². The molecule has 0 fully saturated rings. The monoisotopic (exact) mass is 322 g/mol. The van der Waals surface area contributed by atoms with Crippen LogP contribution in [0.3, 0.4) is 0 Å². The summed E-state index contributed by atoms with van der Waals surface area (Å²) < 4.78 is 64.3. The molecule has 0 aliphatic carbocycles. The van der Waals surface area contributed by atoms with Crippen molar-refractivity contribution in [2.45, 2.75) is 11.9 Å². The molecule has 0 aliphatic heterocycles. The number of halogens is 5. The Kier molecular flexibility index (Phi) is 4.40. The van der Waals surface area contributed by atoms with E-state index in [1.54, 1.807) is 0 Å². The summed E-state index contributed by atoms with van der Waals surface area (Å²) in [6, 6.07) is 1.71. The maximum Gasteiger partial charge on any atom is 0.420 e. The molecule has 0 N–H and O–H groups in total. The number of benzene rings is 1. The Bertz CT molecular complexity index is 555.